The zero-order valence-electron chi connectivity index (χ0n) is 11.6. The molecule has 20 heavy (non-hydrogen) atoms. The number of hydrogen-bond donors (Lipinski definition) is 1. The van der Waals surface area contributed by atoms with E-state index < -0.39 is 0 Å². The van der Waals surface area contributed by atoms with Crippen molar-refractivity contribution in [3.8, 4) is 0 Å². The predicted molar refractivity (Wildman–Crippen MR) is 78.0 cm³/mol. The van der Waals surface area contributed by atoms with Crippen LogP contribution < -0.4 is 5.73 Å². The minimum atomic E-state index is -0.330. The summed E-state index contributed by atoms with van der Waals surface area (Å²) in [6.45, 7) is 1.78. The van der Waals surface area contributed by atoms with Gasteiger partial charge in [0, 0.05) is 29.4 Å². The number of rotatable bonds is 2. The van der Waals surface area contributed by atoms with E-state index in [0.29, 0.717) is 11.1 Å². The van der Waals surface area contributed by atoms with Crippen LogP contribution in [0.5, 0.6) is 0 Å². The second-order valence-corrected chi connectivity index (χ2v) is 5.55. The molecule has 1 aromatic carbocycles. The number of hydrogen-bond acceptors (Lipinski definition) is 2. The topological polar surface area (TPSA) is 38.9 Å². The van der Waals surface area contributed by atoms with Crippen LogP contribution in [0.15, 0.2) is 36.5 Å². The van der Waals surface area contributed by atoms with E-state index in [9.17, 15) is 4.39 Å². The molecule has 3 heteroatoms. The number of nitrogens with two attached hydrogens (primary N) is 1. The normalized spacial score (nSPS) is 19.4. The molecule has 0 fully saturated rings. The molecule has 0 aliphatic heterocycles. The maximum atomic E-state index is 14.3. The number of nitrogens with zero attached hydrogens (tertiary/aromatic N) is 1. The first-order chi connectivity index (χ1) is 9.68. The van der Waals surface area contributed by atoms with Crippen molar-refractivity contribution in [1.29, 1.82) is 0 Å². The molecule has 0 amide bonds. The van der Waals surface area contributed by atoms with Crippen molar-refractivity contribution in [1.82, 2.24) is 4.98 Å². The Morgan fingerprint density at radius 1 is 1.30 bits per heavy atom. The summed E-state index contributed by atoms with van der Waals surface area (Å²) in [6.07, 6.45) is 4.90. The van der Waals surface area contributed by atoms with Crippen LogP contribution in [0.4, 0.5) is 4.39 Å². The zero-order valence-corrected chi connectivity index (χ0v) is 11.6. The van der Waals surface area contributed by atoms with Crippen LogP contribution >= 0.6 is 0 Å². The first kappa shape index (κ1) is 13.3. The molecule has 1 heterocycles. The lowest BCUT2D eigenvalue weighted by Crippen LogP contribution is -2.25. The van der Waals surface area contributed by atoms with Crippen LogP contribution in [0.1, 0.15) is 47.2 Å². The number of benzene rings is 1. The van der Waals surface area contributed by atoms with Crippen molar-refractivity contribution >= 4 is 0 Å². The van der Waals surface area contributed by atoms with Gasteiger partial charge in [-0.25, -0.2) is 4.39 Å². The SMILES string of the molecule is Cc1cccc(C(N)C2CCCc3cccnc32)c1F. The zero-order chi connectivity index (χ0) is 14.1. The quantitative estimate of drug-likeness (QED) is 0.904. The van der Waals surface area contributed by atoms with Crippen molar-refractivity contribution in [2.24, 2.45) is 5.73 Å². The van der Waals surface area contributed by atoms with Gasteiger partial charge in [0.15, 0.2) is 0 Å². The van der Waals surface area contributed by atoms with Crippen LogP contribution in [0, 0.1) is 12.7 Å². The van der Waals surface area contributed by atoms with Crippen LogP contribution in [0.3, 0.4) is 0 Å². The number of aromatic nitrogens is 1. The van der Waals surface area contributed by atoms with Crippen molar-refractivity contribution in [3.63, 3.8) is 0 Å². The number of fused-ring (bicyclic) bond motifs is 1. The fraction of sp³-hybridized carbons (Fsp3) is 0.353. The van der Waals surface area contributed by atoms with Gasteiger partial charge >= 0.3 is 0 Å². The number of pyridine rings is 1. The molecule has 2 unspecified atom stereocenters. The third kappa shape index (κ3) is 2.22. The lowest BCUT2D eigenvalue weighted by molar-refractivity contribution is 0.447. The van der Waals surface area contributed by atoms with Crippen molar-refractivity contribution in [2.45, 2.75) is 38.1 Å². The Morgan fingerprint density at radius 2 is 2.15 bits per heavy atom. The third-order valence-electron chi connectivity index (χ3n) is 4.25. The molecular formula is C17H19FN2. The summed E-state index contributed by atoms with van der Waals surface area (Å²) >= 11 is 0. The second-order valence-electron chi connectivity index (χ2n) is 5.55. The summed E-state index contributed by atoms with van der Waals surface area (Å²) in [5.41, 5.74) is 9.93. The first-order valence-corrected chi connectivity index (χ1v) is 7.13. The maximum Gasteiger partial charge on any atom is 0.130 e. The molecule has 1 aromatic heterocycles. The minimum Gasteiger partial charge on any atom is -0.323 e. The Kier molecular flexibility index (Phi) is 3.53. The molecule has 2 aromatic rings. The van der Waals surface area contributed by atoms with E-state index >= 15 is 0 Å². The molecule has 1 aliphatic carbocycles. The molecule has 2 nitrogen and oxygen atoms in total. The molecule has 0 saturated heterocycles. The van der Waals surface area contributed by atoms with Crippen molar-refractivity contribution < 1.29 is 4.39 Å². The molecule has 0 saturated carbocycles. The molecule has 0 spiro atoms. The summed E-state index contributed by atoms with van der Waals surface area (Å²) < 4.78 is 14.3. The average Bonchev–Trinajstić information content (AvgIpc) is 2.49. The Bertz CT molecular complexity index is 624. The summed E-state index contributed by atoms with van der Waals surface area (Å²) in [6, 6.07) is 9.18. The van der Waals surface area contributed by atoms with Gasteiger partial charge in [-0.3, -0.25) is 4.98 Å². The van der Waals surface area contributed by atoms with Gasteiger partial charge in [-0.15, -0.1) is 0 Å². The van der Waals surface area contributed by atoms with Crippen molar-refractivity contribution in [3.05, 3.63) is 64.7 Å². The molecule has 104 valence electrons. The summed E-state index contributed by atoms with van der Waals surface area (Å²) in [7, 11) is 0. The molecule has 0 radical (unpaired) electrons. The van der Waals surface area contributed by atoms with E-state index in [0.717, 1.165) is 25.0 Å². The molecule has 2 atom stereocenters. The molecule has 0 bridgehead atoms. The highest BCUT2D eigenvalue weighted by molar-refractivity contribution is 5.33. The van der Waals surface area contributed by atoms with Gasteiger partial charge in [0.1, 0.15) is 5.82 Å². The van der Waals surface area contributed by atoms with Crippen molar-refractivity contribution in [2.75, 3.05) is 0 Å². The van der Waals surface area contributed by atoms with E-state index in [1.54, 1.807) is 25.3 Å². The van der Waals surface area contributed by atoms with E-state index in [1.165, 1.54) is 5.56 Å². The second kappa shape index (κ2) is 5.33. The standard InChI is InChI=1S/C17H19FN2/c1-11-5-2-8-13(15(11)18)16(19)14-9-3-6-12-7-4-10-20-17(12)14/h2,4-5,7-8,10,14,16H,3,6,9,19H2,1H3. The van der Waals surface area contributed by atoms with Crippen LogP contribution in [0.25, 0.3) is 0 Å². The Morgan fingerprint density at radius 3 is 3.00 bits per heavy atom. The van der Waals surface area contributed by atoms with Gasteiger partial charge in [0.25, 0.3) is 0 Å². The Labute approximate surface area is 118 Å². The monoisotopic (exact) mass is 270 g/mol. The Hall–Kier alpha value is -1.74. The van der Waals surface area contributed by atoms with Crippen LogP contribution in [0.2, 0.25) is 0 Å². The molecule has 3 rings (SSSR count). The van der Waals surface area contributed by atoms with E-state index in [2.05, 4.69) is 11.1 Å². The third-order valence-corrected chi connectivity index (χ3v) is 4.25. The van der Waals surface area contributed by atoms with Gasteiger partial charge in [0.2, 0.25) is 0 Å². The van der Waals surface area contributed by atoms with Gasteiger partial charge in [-0.05, 0) is 43.4 Å². The maximum absolute atomic E-state index is 14.3. The predicted octanol–water partition coefficient (Wildman–Crippen LogP) is 3.65. The molecule has 2 N–H and O–H groups in total. The first-order valence-electron chi connectivity index (χ1n) is 7.13. The summed E-state index contributed by atoms with van der Waals surface area (Å²) in [5.74, 6) is -0.0701. The smallest absolute Gasteiger partial charge is 0.130 e. The van der Waals surface area contributed by atoms with E-state index in [1.807, 2.05) is 12.1 Å². The number of halogens is 1. The lowest BCUT2D eigenvalue weighted by atomic mass is 9.79. The summed E-state index contributed by atoms with van der Waals surface area (Å²) in [5, 5.41) is 0. The van der Waals surface area contributed by atoms with Crippen LogP contribution in [-0.2, 0) is 6.42 Å². The highest BCUT2D eigenvalue weighted by atomic mass is 19.1. The largest absolute Gasteiger partial charge is 0.323 e. The molecular weight excluding hydrogens is 251 g/mol. The van der Waals surface area contributed by atoms with E-state index in [-0.39, 0.29) is 17.8 Å². The van der Waals surface area contributed by atoms with Gasteiger partial charge < -0.3 is 5.73 Å². The minimum absolute atomic E-state index is 0.108. The fourth-order valence-electron chi connectivity index (χ4n) is 3.14. The fourth-order valence-corrected chi connectivity index (χ4v) is 3.14. The highest BCUT2D eigenvalue weighted by Gasteiger charge is 2.29. The van der Waals surface area contributed by atoms with Gasteiger partial charge in [-0.1, -0.05) is 24.3 Å². The van der Waals surface area contributed by atoms with E-state index in [4.69, 9.17) is 5.73 Å². The van der Waals surface area contributed by atoms with Gasteiger partial charge in [0.05, 0.1) is 0 Å². The molecule has 1 aliphatic rings. The highest BCUT2D eigenvalue weighted by Crippen LogP contribution is 2.38. The average molecular weight is 270 g/mol. The number of aryl methyl sites for hydroxylation is 2. The Balaban J connectivity index is 2.00. The summed E-state index contributed by atoms with van der Waals surface area (Å²) in [4.78, 5) is 4.50. The van der Waals surface area contributed by atoms with Gasteiger partial charge in [-0.2, -0.15) is 0 Å². The van der Waals surface area contributed by atoms with Crippen LogP contribution in [-0.4, -0.2) is 4.98 Å². The lowest BCUT2D eigenvalue weighted by Gasteiger charge is -2.29.